The summed E-state index contributed by atoms with van der Waals surface area (Å²) in [7, 11) is 0. The van der Waals surface area contributed by atoms with Crippen LogP contribution in [0.5, 0.6) is 0 Å². The molecule has 0 unspecified atom stereocenters. The van der Waals surface area contributed by atoms with Gasteiger partial charge in [0.25, 0.3) is 5.91 Å². The third-order valence-corrected chi connectivity index (χ3v) is 6.70. The number of carbonyl (C=O) groups is 1. The number of rotatable bonds is 5. The van der Waals surface area contributed by atoms with Crippen LogP contribution in [0.3, 0.4) is 0 Å². The van der Waals surface area contributed by atoms with Crippen molar-refractivity contribution in [3.05, 3.63) is 71.1 Å². The minimum Gasteiger partial charge on any atom is -0.441 e. The van der Waals surface area contributed by atoms with Crippen molar-refractivity contribution in [3.63, 3.8) is 0 Å². The SMILES string of the molecule is CCN1CCN(C(=O)c2ccc(-c3nc(CN4CCc5ccccc54)c(C)o3)cc2)CC1. The Balaban J connectivity index is 1.27. The van der Waals surface area contributed by atoms with Gasteiger partial charge >= 0.3 is 0 Å². The summed E-state index contributed by atoms with van der Waals surface area (Å²) in [5, 5.41) is 0. The molecule has 3 aromatic rings. The van der Waals surface area contributed by atoms with Gasteiger partial charge in [-0.25, -0.2) is 4.98 Å². The van der Waals surface area contributed by atoms with E-state index in [1.807, 2.05) is 36.1 Å². The highest BCUT2D eigenvalue weighted by atomic mass is 16.4. The van der Waals surface area contributed by atoms with E-state index in [0.29, 0.717) is 5.89 Å². The lowest BCUT2D eigenvalue weighted by Gasteiger charge is -2.34. The van der Waals surface area contributed by atoms with Crippen molar-refractivity contribution in [1.29, 1.82) is 0 Å². The number of nitrogens with zero attached hydrogens (tertiary/aromatic N) is 4. The number of amides is 1. The molecule has 2 aliphatic rings. The maximum atomic E-state index is 12.9. The van der Waals surface area contributed by atoms with Gasteiger partial charge in [-0.2, -0.15) is 0 Å². The Labute approximate surface area is 189 Å². The number of hydrogen-bond acceptors (Lipinski definition) is 5. The molecule has 0 N–H and O–H groups in total. The molecular weight excluding hydrogens is 400 g/mol. The number of aromatic nitrogens is 1. The molecule has 0 bridgehead atoms. The summed E-state index contributed by atoms with van der Waals surface area (Å²) in [4.78, 5) is 24.3. The molecule has 2 aromatic carbocycles. The fourth-order valence-corrected chi connectivity index (χ4v) is 4.65. The van der Waals surface area contributed by atoms with Crippen LogP contribution in [0.2, 0.25) is 0 Å². The minimum absolute atomic E-state index is 0.101. The summed E-state index contributed by atoms with van der Waals surface area (Å²) in [6.07, 6.45) is 1.07. The highest BCUT2D eigenvalue weighted by molar-refractivity contribution is 5.94. The van der Waals surface area contributed by atoms with Crippen molar-refractivity contribution in [2.45, 2.75) is 26.8 Å². The third-order valence-electron chi connectivity index (χ3n) is 6.70. The first-order chi connectivity index (χ1) is 15.6. The Kier molecular flexibility index (Phi) is 5.70. The van der Waals surface area contributed by atoms with E-state index in [1.54, 1.807) is 0 Å². The molecule has 1 fully saturated rings. The van der Waals surface area contributed by atoms with E-state index in [4.69, 9.17) is 9.40 Å². The highest BCUT2D eigenvalue weighted by Gasteiger charge is 2.23. The highest BCUT2D eigenvalue weighted by Crippen LogP contribution is 2.30. The van der Waals surface area contributed by atoms with E-state index in [2.05, 4.69) is 41.0 Å². The number of oxazole rings is 1. The first-order valence-corrected chi connectivity index (χ1v) is 11.5. The molecule has 2 aliphatic heterocycles. The molecule has 32 heavy (non-hydrogen) atoms. The van der Waals surface area contributed by atoms with Crippen LogP contribution in [0.1, 0.15) is 34.3 Å². The third kappa shape index (κ3) is 4.02. The zero-order valence-electron chi connectivity index (χ0n) is 18.9. The minimum atomic E-state index is 0.101. The van der Waals surface area contributed by atoms with Crippen molar-refractivity contribution in [2.24, 2.45) is 0 Å². The first-order valence-electron chi connectivity index (χ1n) is 11.5. The normalized spacial score (nSPS) is 16.4. The fourth-order valence-electron chi connectivity index (χ4n) is 4.65. The van der Waals surface area contributed by atoms with Gasteiger partial charge in [-0.05, 0) is 55.8 Å². The average Bonchev–Trinajstić information content (AvgIpc) is 3.42. The van der Waals surface area contributed by atoms with Gasteiger partial charge in [0.1, 0.15) is 11.5 Å². The van der Waals surface area contributed by atoms with Gasteiger partial charge < -0.3 is 19.1 Å². The van der Waals surface area contributed by atoms with Crippen molar-refractivity contribution >= 4 is 11.6 Å². The number of anilines is 1. The van der Waals surface area contributed by atoms with Gasteiger partial charge in [-0.1, -0.05) is 25.1 Å². The van der Waals surface area contributed by atoms with Crippen LogP contribution in [0.25, 0.3) is 11.5 Å². The number of hydrogen-bond donors (Lipinski definition) is 0. The van der Waals surface area contributed by atoms with E-state index in [9.17, 15) is 4.79 Å². The standard InChI is InChI=1S/C26H30N4O2/c1-3-28-14-16-29(17-15-28)26(31)22-10-8-21(9-11-22)25-27-23(19(2)32-25)18-30-13-12-20-6-4-5-7-24(20)30/h4-11H,3,12-18H2,1-2H3. The number of aryl methyl sites for hydroxylation is 1. The van der Waals surface area contributed by atoms with Crippen LogP contribution in [-0.4, -0.2) is 60.0 Å². The summed E-state index contributed by atoms with van der Waals surface area (Å²) in [5.41, 5.74) is 5.26. The number of para-hydroxylation sites is 1. The zero-order valence-corrected chi connectivity index (χ0v) is 18.9. The smallest absolute Gasteiger partial charge is 0.253 e. The largest absolute Gasteiger partial charge is 0.441 e. The lowest BCUT2D eigenvalue weighted by molar-refractivity contribution is 0.0643. The van der Waals surface area contributed by atoms with Gasteiger partial charge in [0.15, 0.2) is 0 Å². The molecule has 1 aromatic heterocycles. The molecule has 1 amide bonds. The van der Waals surface area contributed by atoms with E-state index < -0.39 is 0 Å². The number of piperazine rings is 1. The first kappa shape index (κ1) is 20.8. The lowest BCUT2D eigenvalue weighted by atomic mass is 10.1. The number of carbonyl (C=O) groups excluding carboxylic acids is 1. The van der Waals surface area contributed by atoms with Crippen molar-refractivity contribution in [2.75, 3.05) is 44.2 Å². The van der Waals surface area contributed by atoms with E-state index in [0.717, 1.165) is 74.8 Å². The van der Waals surface area contributed by atoms with Gasteiger partial charge in [0, 0.05) is 49.5 Å². The maximum Gasteiger partial charge on any atom is 0.253 e. The Morgan fingerprint density at radius 1 is 1.00 bits per heavy atom. The maximum absolute atomic E-state index is 12.9. The van der Waals surface area contributed by atoms with E-state index in [-0.39, 0.29) is 5.91 Å². The van der Waals surface area contributed by atoms with Gasteiger partial charge in [-0.15, -0.1) is 0 Å². The molecule has 5 rings (SSSR count). The zero-order chi connectivity index (χ0) is 22.1. The van der Waals surface area contributed by atoms with Crippen LogP contribution in [-0.2, 0) is 13.0 Å². The average molecular weight is 431 g/mol. The predicted molar refractivity (Wildman–Crippen MR) is 126 cm³/mol. The van der Waals surface area contributed by atoms with Crippen molar-refractivity contribution in [1.82, 2.24) is 14.8 Å². The quantitative estimate of drug-likeness (QED) is 0.613. The summed E-state index contributed by atoms with van der Waals surface area (Å²) < 4.78 is 6.00. The lowest BCUT2D eigenvalue weighted by Crippen LogP contribution is -2.48. The van der Waals surface area contributed by atoms with Crippen LogP contribution in [0, 0.1) is 6.92 Å². The second-order valence-corrected chi connectivity index (χ2v) is 8.63. The Hall–Kier alpha value is -3.12. The Bertz CT molecular complexity index is 1100. The molecule has 1 saturated heterocycles. The van der Waals surface area contributed by atoms with Crippen molar-refractivity contribution in [3.8, 4) is 11.5 Å². The summed E-state index contributed by atoms with van der Waals surface area (Å²) in [6.45, 7) is 10.4. The van der Waals surface area contributed by atoms with Gasteiger partial charge in [0.05, 0.1) is 6.54 Å². The molecule has 6 heteroatoms. The summed E-state index contributed by atoms with van der Waals surface area (Å²) in [6, 6.07) is 16.2. The van der Waals surface area contributed by atoms with Gasteiger partial charge in [-0.3, -0.25) is 4.79 Å². The molecule has 166 valence electrons. The topological polar surface area (TPSA) is 52.8 Å². The Morgan fingerprint density at radius 3 is 2.50 bits per heavy atom. The van der Waals surface area contributed by atoms with Crippen LogP contribution >= 0.6 is 0 Å². The fraction of sp³-hybridized carbons (Fsp3) is 0.385. The molecular formula is C26H30N4O2. The monoisotopic (exact) mass is 430 g/mol. The molecule has 0 aliphatic carbocycles. The van der Waals surface area contributed by atoms with Crippen LogP contribution < -0.4 is 4.90 Å². The van der Waals surface area contributed by atoms with E-state index >= 15 is 0 Å². The molecule has 0 saturated carbocycles. The molecule has 6 nitrogen and oxygen atoms in total. The second kappa shape index (κ2) is 8.79. The van der Waals surface area contributed by atoms with Crippen molar-refractivity contribution < 1.29 is 9.21 Å². The Morgan fingerprint density at radius 2 is 1.75 bits per heavy atom. The molecule has 0 spiro atoms. The molecule has 3 heterocycles. The number of benzene rings is 2. The van der Waals surface area contributed by atoms with Crippen LogP contribution in [0.15, 0.2) is 52.9 Å². The van der Waals surface area contributed by atoms with Crippen LogP contribution in [0.4, 0.5) is 5.69 Å². The molecule has 0 radical (unpaired) electrons. The summed E-state index contributed by atoms with van der Waals surface area (Å²) >= 11 is 0. The van der Waals surface area contributed by atoms with Gasteiger partial charge in [0.2, 0.25) is 5.89 Å². The summed E-state index contributed by atoms with van der Waals surface area (Å²) in [5.74, 6) is 1.56. The second-order valence-electron chi connectivity index (χ2n) is 8.63. The number of likely N-dealkylation sites (N-methyl/N-ethyl adjacent to an activating group) is 1. The number of fused-ring (bicyclic) bond motifs is 1. The molecule has 0 atom stereocenters. The predicted octanol–water partition coefficient (Wildman–Crippen LogP) is 3.99. The van der Waals surface area contributed by atoms with E-state index in [1.165, 1.54) is 11.3 Å².